The standard InChI is InChI=1S/C24H20BrCl2NO3/c1-15-6-9-21(18(25)12-15)28-24(29)11-8-16-7-10-22(23(13-16)30-2)31-14-17-19(26)4-3-5-20(17)27/h3-13H,14H2,1-2H3,(H,28,29)/b11-8+. The molecule has 0 fully saturated rings. The van der Waals surface area contributed by atoms with Gasteiger partial charge in [0.2, 0.25) is 5.91 Å². The lowest BCUT2D eigenvalue weighted by molar-refractivity contribution is -0.111. The Kier molecular flexibility index (Phi) is 8.02. The van der Waals surface area contributed by atoms with Crippen molar-refractivity contribution >= 4 is 56.8 Å². The minimum Gasteiger partial charge on any atom is -0.493 e. The molecule has 0 atom stereocenters. The molecule has 3 aromatic carbocycles. The number of anilines is 1. The molecule has 0 saturated carbocycles. The van der Waals surface area contributed by atoms with Gasteiger partial charge in [-0.2, -0.15) is 0 Å². The van der Waals surface area contributed by atoms with E-state index in [0.29, 0.717) is 32.8 Å². The first-order valence-corrected chi connectivity index (χ1v) is 10.9. The number of halogens is 3. The number of methoxy groups -OCH3 is 1. The molecule has 31 heavy (non-hydrogen) atoms. The van der Waals surface area contributed by atoms with E-state index >= 15 is 0 Å². The first kappa shape index (κ1) is 23.2. The lowest BCUT2D eigenvalue weighted by Crippen LogP contribution is -2.08. The largest absolute Gasteiger partial charge is 0.493 e. The first-order valence-electron chi connectivity index (χ1n) is 9.36. The zero-order valence-corrected chi connectivity index (χ0v) is 20.0. The Morgan fingerprint density at radius 2 is 1.81 bits per heavy atom. The van der Waals surface area contributed by atoms with Crippen LogP contribution in [0.2, 0.25) is 10.0 Å². The molecular formula is C24H20BrCl2NO3. The van der Waals surface area contributed by atoms with Gasteiger partial charge in [0.25, 0.3) is 0 Å². The molecule has 0 heterocycles. The van der Waals surface area contributed by atoms with E-state index in [1.165, 1.54) is 6.08 Å². The minimum atomic E-state index is -0.239. The van der Waals surface area contributed by atoms with Gasteiger partial charge in [-0.25, -0.2) is 0 Å². The lowest BCUT2D eigenvalue weighted by Gasteiger charge is -2.13. The SMILES string of the molecule is COc1cc(/C=C/C(=O)Nc2ccc(C)cc2Br)ccc1OCc1c(Cl)cccc1Cl. The zero-order valence-electron chi connectivity index (χ0n) is 16.9. The summed E-state index contributed by atoms with van der Waals surface area (Å²) < 4.78 is 12.1. The third kappa shape index (κ3) is 6.26. The second kappa shape index (κ2) is 10.7. The predicted molar refractivity (Wildman–Crippen MR) is 130 cm³/mol. The van der Waals surface area contributed by atoms with E-state index in [0.717, 1.165) is 15.6 Å². The summed E-state index contributed by atoms with van der Waals surface area (Å²) in [5, 5.41) is 3.92. The van der Waals surface area contributed by atoms with Crippen molar-refractivity contribution in [1.82, 2.24) is 0 Å². The molecule has 1 amide bonds. The van der Waals surface area contributed by atoms with Gasteiger partial charge in [-0.15, -0.1) is 0 Å². The zero-order chi connectivity index (χ0) is 22.4. The smallest absolute Gasteiger partial charge is 0.248 e. The number of hydrogen-bond acceptors (Lipinski definition) is 3. The van der Waals surface area contributed by atoms with Crippen LogP contribution in [0.1, 0.15) is 16.7 Å². The van der Waals surface area contributed by atoms with Gasteiger partial charge in [-0.3, -0.25) is 4.79 Å². The van der Waals surface area contributed by atoms with Crippen LogP contribution in [0.3, 0.4) is 0 Å². The maximum Gasteiger partial charge on any atom is 0.248 e. The molecule has 3 aromatic rings. The summed E-state index contributed by atoms with van der Waals surface area (Å²) >= 11 is 15.8. The predicted octanol–water partition coefficient (Wildman–Crippen LogP) is 7.30. The molecule has 0 aromatic heterocycles. The highest BCUT2D eigenvalue weighted by Gasteiger charge is 2.10. The fourth-order valence-corrected chi connectivity index (χ4v) is 3.89. The van der Waals surface area contributed by atoms with Crippen molar-refractivity contribution in [2.45, 2.75) is 13.5 Å². The summed E-state index contributed by atoms with van der Waals surface area (Å²) in [6.07, 6.45) is 3.17. The molecule has 0 aliphatic rings. The average molecular weight is 521 g/mol. The molecule has 0 unspecified atom stereocenters. The summed E-state index contributed by atoms with van der Waals surface area (Å²) in [5.74, 6) is 0.841. The highest BCUT2D eigenvalue weighted by atomic mass is 79.9. The van der Waals surface area contributed by atoms with Crippen LogP contribution in [0.15, 0.2) is 65.1 Å². The van der Waals surface area contributed by atoms with Crippen LogP contribution < -0.4 is 14.8 Å². The van der Waals surface area contributed by atoms with Crippen molar-refractivity contribution in [3.8, 4) is 11.5 Å². The fraction of sp³-hybridized carbons (Fsp3) is 0.125. The maximum absolute atomic E-state index is 12.3. The summed E-state index contributed by atoms with van der Waals surface area (Å²) in [4.78, 5) is 12.3. The number of nitrogens with one attached hydrogen (secondary N) is 1. The average Bonchev–Trinajstić information content (AvgIpc) is 2.74. The Hall–Kier alpha value is -2.47. The van der Waals surface area contributed by atoms with Gasteiger partial charge in [0.05, 0.1) is 12.8 Å². The topological polar surface area (TPSA) is 47.6 Å². The molecule has 0 aliphatic heterocycles. The Bertz CT molecular complexity index is 1110. The molecule has 1 N–H and O–H groups in total. The summed E-state index contributed by atoms with van der Waals surface area (Å²) in [6.45, 7) is 2.19. The molecular weight excluding hydrogens is 501 g/mol. The molecule has 0 bridgehead atoms. The third-order valence-electron chi connectivity index (χ3n) is 4.43. The summed E-state index contributed by atoms with van der Waals surface area (Å²) in [7, 11) is 1.56. The molecule has 0 spiro atoms. The maximum atomic E-state index is 12.3. The highest BCUT2D eigenvalue weighted by Crippen LogP contribution is 2.32. The number of benzene rings is 3. The second-order valence-electron chi connectivity index (χ2n) is 6.71. The third-order valence-corrected chi connectivity index (χ3v) is 5.80. The van der Waals surface area contributed by atoms with Gasteiger partial charge in [0.1, 0.15) is 6.61 Å². The highest BCUT2D eigenvalue weighted by molar-refractivity contribution is 9.10. The number of rotatable bonds is 7. The molecule has 4 nitrogen and oxygen atoms in total. The van der Waals surface area contributed by atoms with Crippen molar-refractivity contribution in [2.75, 3.05) is 12.4 Å². The van der Waals surface area contributed by atoms with E-state index in [-0.39, 0.29) is 12.5 Å². The number of ether oxygens (including phenoxy) is 2. The van der Waals surface area contributed by atoms with Crippen LogP contribution in [0.4, 0.5) is 5.69 Å². The second-order valence-corrected chi connectivity index (χ2v) is 8.37. The van der Waals surface area contributed by atoms with E-state index < -0.39 is 0 Å². The van der Waals surface area contributed by atoms with Gasteiger partial charge in [0, 0.05) is 26.2 Å². The number of hydrogen-bond donors (Lipinski definition) is 1. The normalized spacial score (nSPS) is 10.9. The van der Waals surface area contributed by atoms with Gasteiger partial charge in [0.15, 0.2) is 11.5 Å². The fourth-order valence-electron chi connectivity index (χ4n) is 2.80. The van der Waals surface area contributed by atoms with Crippen molar-refractivity contribution in [3.05, 3.63) is 91.9 Å². The van der Waals surface area contributed by atoms with Crippen molar-refractivity contribution < 1.29 is 14.3 Å². The van der Waals surface area contributed by atoms with Gasteiger partial charge in [-0.05, 0) is 76.5 Å². The molecule has 0 aliphatic carbocycles. The Labute approximate surface area is 199 Å². The summed E-state index contributed by atoms with van der Waals surface area (Å²) in [6, 6.07) is 16.4. The van der Waals surface area contributed by atoms with E-state index in [9.17, 15) is 4.79 Å². The molecule has 0 saturated heterocycles. The van der Waals surface area contributed by atoms with Crippen LogP contribution in [-0.2, 0) is 11.4 Å². The van der Waals surface area contributed by atoms with Crippen LogP contribution in [0.5, 0.6) is 11.5 Å². The lowest BCUT2D eigenvalue weighted by atomic mass is 10.1. The Morgan fingerprint density at radius 1 is 1.06 bits per heavy atom. The molecule has 7 heteroatoms. The van der Waals surface area contributed by atoms with Crippen molar-refractivity contribution in [2.24, 2.45) is 0 Å². The van der Waals surface area contributed by atoms with Crippen LogP contribution >= 0.6 is 39.1 Å². The molecule has 3 rings (SSSR count). The molecule has 160 valence electrons. The van der Waals surface area contributed by atoms with E-state index in [1.54, 1.807) is 43.5 Å². The Balaban J connectivity index is 1.68. The number of carbonyl (C=O) groups excluding carboxylic acids is 1. The van der Waals surface area contributed by atoms with Gasteiger partial charge < -0.3 is 14.8 Å². The van der Waals surface area contributed by atoms with Gasteiger partial charge >= 0.3 is 0 Å². The van der Waals surface area contributed by atoms with Crippen LogP contribution in [0, 0.1) is 6.92 Å². The van der Waals surface area contributed by atoms with E-state index in [4.69, 9.17) is 32.7 Å². The number of amides is 1. The van der Waals surface area contributed by atoms with Crippen molar-refractivity contribution in [1.29, 1.82) is 0 Å². The number of carbonyl (C=O) groups is 1. The monoisotopic (exact) mass is 519 g/mol. The van der Waals surface area contributed by atoms with Crippen LogP contribution in [0.25, 0.3) is 6.08 Å². The minimum absolute atomic E-state index is 0.206. The van der Waals surface area contributed by atoms with E-state index in [2.05, 4.69) is 21.2 Å². The van der Waals surface area contributed by atoms with E-state index in [1.807, 2.05) is 31.2 Å². The number of aryl methyl sites for hydroxylation is 1. The van der Waals surface area contributed by atoms with Crippen molar-refractivity contribution in [3.63, 3.8) is 0 Å². The Morgan fingerprint density at radius 3 is 2.48 bits per heavy atom. The first-order chi connectivity index (χ1) is 14.9. The quantitative estimate of drug-likeness (QED) is 0.332. The van der Waals surface area contributed by atoms with Crippen LogP contribution in [-0.4, -0.2) is 13.0 Å². The van der Waals surface area contributed by atoms with Gasteiger partial charge in [-0.1, -0.05) is 41.4 Å². The molecule has 0 radical (unpaired) electrons. The summed E-state index contributed by atoms with van der Waals surface area (Å²) in [5.41, 5.74) is 3.31.